The monoisotopic (exact) mass is 418 g/mol. The zero-order valence-electron chi connectivity index (χ0n) is 14.7. The largest absolute Gasteiger partial charge is 0.349 e. The van der Waals surface area contributed by atoms with E-state index in [4.69, 9.17) is 11.6 Å². The predicted molar refractivity (Wildman–Crippen MR) is 106 cm³/mol. The lowest BCUT2D eigenvalue weighted by molar-refractivity contribution is -0.122. The molecule has 0 spiro atoms. The molecular weight excluding hydrogens is 404 g/mol. The highest BCUT2D eigenvalue weighted by molar-refractivity contribution is 8.18. The van der Waals surface area contributed by atoms with Crippen LogP contribution in [0.1, 0.15) is 16.1 Å². The molecular formula is C18H15ClN4O4S. The summed E-state index contributed by atoms with van der Waals surface area (Å²) in [6.45, 7) is 0.0930. The summed E-state index contributed by atoms with van der Waals surface area (Å²) in [6, 6.07) is 9.43. The first kappa shape index (κ1) is 19.8. The highest BCUT2D eigenvalue weighted by atomic mass is 35.5. The van der Waals surface area contributed by atoms with Crippen LogP contribution in [0.3, 0.4) is 0 Å². The molecule has 3 rings (SSSR count). The number of halogens is 1. The van der Waals surface area contributed by atoms with E-state index in [0.717, 1.165) is 26.9 Å². The third-order valence-corrected chi connectivity index (χ3v) is 5.01. The summed E-state index contributed by atoms with van der Waals surface area (Å²) < 4.78 is 1.05. The predicted octanol–water partition coefficient (Wildman–Crippen LogP) is 1.90. The molecule has 1 aromatic carbocycles. The van der Waals surface area contributed by atoms with E-state index in [1.807, 2.05) is 0 Å². The van der Waals surface area contributed by atoms with Crippen molar-refractivity contribution in [2.75, 3.05) is 13.1 Å². The topological polar surface area (TPSA) is 101 Å². The van der Waals surface area contributed by atoms with Crippen LogP contribution in [0, 0.1) is 0 Å². The lowest BCUT2D eigenvalue weighted by Gasteiger charge is -2.12. The van der Waals surface area contributed by atoms with E-state index in [1.54, 1.807) is 30.3 Å². The molecule has 1 aliphatic rings. The van der Waals surface area contributed by atoms with Gasteiger partial charge in [-0.15, -0.1) is 0 Å². The van der Waals surface area contributed by atoms with Crippen molar-refractivity contribution in [2.24, 2.45) is 7.05 Å². The Kier molecular flexibility index (Phi) is 5.96. The number of nitrogens with zero attached hydrogens (tertiary/aromatic N) is 3. The molecule has 0 atom stereocenters. The normalized spacial score (nSPS) is 15.4. The van der Waals surface area contributed by atoms with Crippen molar-refractivity contribution >= 4 is 46.5 Å². The van der Waals surface area contributed by atoms with Crippen molar-refractivity contribution in [1.82, 2.24) is 20.0 Å². The van der Waals surface area contributed by atoms with Crippen LogP contribution in [-0.2, 0) is 11.8 Å². The van der Waals surface area contributed by atoms with E-state index in [-0.39, 0.29) is 24.3 Å². The number of aryl methyl sites for hydroxylation is 1. The first-order chi connectivity index (χ1) is 13.3. The van der Waals surface area contributed by atoms with Gasteiger partial charge in [0.1, 0.15) is 5.69 Å². The van der Waals surface area contributed by atoms with Gasteiger partial charge in [-0.2, -0.15) is 5.10 Å². The molecule has 1 aromatic heterocycles. The van der Waals surface area contributed by atoms with Crippen LogP contribution in [0.2, 0.25) is 5.02 Å². The maximum atomic E-state index is 12.4. The number of hydrogen-bond acceptors (Lipinski definition) is 6. The maximum absolute atomic E-state index is 12.4. The molecule has 1 N–H and O–H groups in total. The SMILES string of the molecule is Cn1nc(C(=O)NCCN2C(=O)SC(=Cc3ccc(Cl)cc3)C2=O)ccc1=O. The summed E-state index contributed by atoms with van der Waals surface area (Å²) in [7, 11) is 1.44. The number of thioether (sulfide) groups is 1. The molecule has 1 saturated heterocycles. The summed E-state index contributed by atoms with van der Waals surface area (Å²) in [5, 5.41) is 6.59. The van der Waals surface area contributed by atoms with Gasteiger partial charge < -0.3 is 5.32 Å². The van der Waals surface area contributed by atoms with Gasteiger partial charge in [0.25, 0.3) is 22.6 Å². The van der Waals surface area contributed by atoms with Gasteiger partial charge in [-0.1, -0.05) is 23.7 Å². The van der Waals surface area contributed by atoms with Gasteiger partial charge in [-0.3, -0.25) is 24.1 Å². The molecule has 0 bridgehead atoms. The Bertz CT molecular complexity index is 1030. The van der Waals surface area contributed by atoms with E-state index in [2.05, 4.69) is 10.4 Å². The molecule has 28 heavy (non-hydrogen) atoms. The molecule has 0 aliphatic carbocycles. The number of rotatable bonds is 5. The first-order valence-corrected chi connectivity index (χ1v) is 9.38. The molecule has 2 heterocycles. The number of hydrogen-bond donors (Lipinski definition) is 1. The maximum Gasteiger partial charge on any atom is 0.293 e. The van der Waals surface area contributed by atoms with E-state index in [9.17, 15) is 19.2 Å². The molecule has 0 radical (unpaired) electrons. The lowest BCUT2D eigenvalue weighted by atomic mass is 10.2. The minimum atomic E-state index is -0.501. The third kappa shape index (κ3) is 4.49. The number of imide groups is 1. The van der Waals surface area contributed by atoms with Crippen molar-refractivity contribution in [2.45, 2.75) is 0 Å². The summed E-state index contributed by atoms with van der Waals surface area (Å²) in [4.78, 5) is 49.3. The second kappa shape index (κ2) is 8.41. The smallest absolute Gasteiger partial charge is 0.293 e. The zero-order valence-corrected chi connectivity index (χ0v) is 16.3. The second-order valence-corrected chi connectivity index (χ2v) is 7.25. The molecule has 1 fully saturated rings. The second-order valence-electron chi connectivity index (χ2n) is 5.82. The molecule has 3 amide bonds. The Morgan fingerprint density at radius 2 is 1.89 bits per heavy atom. The Hall–Kier alpha value is -2.91. The van der Waals surface area contributed by atoms with Crippen LogP contribution >= 0.6 is 23.4 Å². The molecule has 10 heteroatoms. The van der Waals surface area contributed by atoms with Gasteiger partial charge in [0.2, 0.25) is 0 Å². The Morgan fingerprint density at radius 3 is 2.57 bits per heavy atom. The minimum absolute atomic E-state index is 0.0279. The average molecular weight is 419 g/mol. The Balaban J connectivity index is 1.60. The highest BCUT2D eigenvalue weighted by Gasteiger charge is 2.34. The van der Waals surface area contributed by atoms with Gasteiger partial charge in [0, 0.05) is 31.2 Å². The van der Waals surface area contributed by atoms with E-state index < -0.39 is 17.1 Å². The number of aromatic nitrogens is 2. The lowest BCUT2D eigenvalue weighted by Crippen LogP contribution is -2.38. The van der Waals surface area contributed by atoms with Gasteiger partial charge >= 0.3 is 0 Å². The quantitative estimate of drug-likeness (QED) is 0.744. The summed E-state index contributed by atoms with van der Waals surface area (Å²) in [5.74, 6) is -0.918. The van der Waals surface area contributed by atoms with Crippen LogP contribution in [0.25, 0.3) is 6.08 Å². The highest BCUT2D eigenvalue weighted by Crippen LogP contribution is 2.32. The van der Waals surface area contributed by atoms with Crippen LogP contribution < -0.4 is 10.9 Å². The van der Waals surface area contributed by atoms with Gasteiger partial charge in [0.15, 0.2) is 0 Å². The molecule has 1 aliphatic heterocycles. The minimum Gasteiger partial charge on any atom is -0.349 e. The molecule has 0 saturated carbocycles. The van der Waals surface area contributed by atoms with Crippen molar-refractivity contribution in [3.05, 3.63) is 67.9 Å². The van der Waals surface area contributed by atoms with Gasteiger partial charge in [0.05, 0.1) is 4.91 Å². The summed E-state index contributed by atoms with van der Waals surface area (Å²) in [5.41, 5.74) is 0.490. The third-order valence-electron chi connectivity index (χ3n) is 3.86. The first-order valence-electron chi connectivity index (χ1n) is 8.18. The number of benzene rings is 1. The summed E-state index contributed by atoms with van der Waals surface area (Å²) in [6.07, 6.45) is 1.62. The van der Waals surface area contributed by atoms with Crippen molar-refractivity contribution in [1.29, 1.82) is 0 Å². The van der Waals surface area contributed by atoms with E-state index in [1.165, 1.54) is 19.2 Å². The molecule has 8 nitrogen and oxygen atoms in total. The standard InChI is InChI=1S/C18H15ClN4O4S/c1-22-15(24)7-6-13(21-22)16(25)20-8-9-23-17(26)14(28-18(23)27)10-11-2-4-12(19)5-3-11/h2-7,10H,8-9H2,1H3,(H,20,25). The number of carbonyl (C=O) groups excluding carboxylic acids is 3. The van der Waals surface area contributed by atoms with Crippen LogP contribution in [-0.4, -0.2) is 44.8 Å². The van der Waals surface area contributed by atoms with Crippen LogP contribution in [0.15, 0.2) is 46.1 Å². The van der Waals surface area contributed by atoms with Gasteiger partial charge in [-0.05, 0) is 41.6 Å². The number of amides is 3. The zero-order chi connectivity index (χ0) is 20.3. The van der Waals surface area contributed by atoms with Crippen molar-refractivity contribution < 1.29 is 14.4 Å². The molecule has 0 unspecified atom stereocenters. The molecule has 144 valence electrons. The fraction of sp³-hybridized carbons (Fsp3) is 0.167. The van der Waals surface area contributed by atoms with Gasteiger partial charge in [-0.25, -0.2) is 4.68 Å². The Labute approximate surface area is 169 Å². The van der Waals surface area contributed by atoms with Crippen LogP contribution in [0.5, 0.6) is 0 Å². The van der Waals surface area contributed by atoms with Crippen LogP contribution in [0.4, 0.5) is 4.79 Å². The van der Waals surface area contributed by atoms with E-state index >= 15 is 0 Å². The fourth-order valence-corrected chi connectivity index (χ4v) is 3.39. The van der Waals surface area contributed by atoms with E-state index in [0.29, 0.717) is 9.93 Å². The summed E-state index contributed by atoms with van der Waals surface area (Å²) >= 11 is 6.68. The average Bonchev–Trinajstić information content (AvgIpc) is 2.93. The number of carbonyl (C=O) groups is 3. The van der Waals surface area contributed by atoms with Crippen molar-refractivity contribution in [3.8, 4) is 0 Å². The molecule has 2 aromatic rings. The van der Waals surface area contributed by atoms with Crippen molar-refractivity contribution in [3.63, 3.8) is 0 Å². The number of nitrogens with one attached hydrogen (secondary N) is 1. The Morgan fingerprint density at radius 1 is 1.18 bits per heavy atom. The fourth-order valence-electron chi connectivity index (χ4n) is 2.40.